The molecule has 0 aromatic carbocycles. The monoisotopic (exact) mass is 307 g/mol. The van der Waals surface area contributed by atoms with Gasteiger partial charge in [0.1, 0.15) is 6.10 Å². The van der Waals surface area contributed by atoms with Crippen LogP contribution in [0.3, 0.4) is 0 Å². The summed E-state index contributed by atoms with van der Waals surface area (Å²) in [7, 11) is 0. The van der Waals surface area contributed by atoms with E-state index in [9.17, 15) is 9.90 Å². The summed E-state index contributed by atoms with van der Waals surface area (Å²) in [5.74, 6) is 0.362. The molecule has 0 unspecified atom stereocenters. The van der Waals surface area contributed by atoms with Crippen LogP contribution in [-0.4, -0.2) is 58.0 Å². The Kier molecular flexibility index (Phi) is 4.78. The normalized spacial score (nSPS) is 26.5. The Bertz CT molecular complexity index is 510. The third kappa shape index (κ3) is 3.03. The van der Waals surface area contributed by atoms with Crippen LogP contribution in [0.1, 0.15) is 61.0 Å². The van der Waals surface area contributed by atoms with Crippen molar-refractivity contribution in [3.63, 3.8) is 0 Å². The molecule has 2 N–H and O–H groups in total. The summed E-state index contributed by atoms with van der Waals surface area (Å²) in [6, 6.07) is 0. The van der Waals surface area contributed by atoms with Crippen LogP contribution in [0.25, 0.3) is 0 Å². The minimum absolute atomic E-state index is 0.0458. The fourth-order valence-corrected chi connectivity index (χ4v) is 3.64. The molecule has 2 aliphatic rings. The summed E-state index contributed by atoms with van der Waals surface area (Å²) < 4.78 is 5.49. The number of aromatic nitrogens is 2. The number of aliphatic hydroxyl groups excluding tert-OH is 1. The highest BCUT2D eigenvalue weighted by Gasteiger charge is 2.36. The van der Waals surface area contributed by atoms with E-state index in [1.54, 1.807) is 11.1 Å². The van der Waals surface area contributed by atoms with Crippen molar-refractivity contribution in [3.05, 3.63) is 17.5 Å². The minimum atomic E-state index is -0.603. The van der Waals surface area contributed by atoms with E-state index in [0.717, 1.165) is 18.5 Å². The van der Waals surface area contributed by atoms with Crippen molar-refractivity contribution in [3.8, 4) is 0 Å². The van der Waals surface area contributed by atoms with E-state index < -0.39 is 6.10 Å². The van der Waals surface area contributed by atoms with Crippen LogP contribution in [0.15, 0.2) is 6.20 Å². The van der Waals surface area contributed by atoms with Gasteiger partial charge in [-0.05, 0) is 19.8 Å². The molecule has 2 heterocycles. The predicted molar refractivity (Wildman–Crippen MR) is 81.7 cm³/mol. The number of aliphatic hydroxyl groups is 1. The zero-order valence-corrected chi connectivity index (χ0v) is 13.1. The first-order chi connectivity index (χ1) is 10.7. The van der Waals surface area contributed by atoms with Gasteiger partial charge in [-0.15, -0.1) is 0 Å². The van der Waals surface area contributed by atoms with Crippen LogP contribution >= 0.6 is 0 Å². The molecule has 22 heavy (non-hydrogen) atoms. The van der Waals surface area contributed by atoms with Crippen molar-refractivity contribution >= 4 is 5.91 Å². The lowest BCUT2D eigenvalue weighted by Gasteiger charge is -2.22. The van der Waals surface area contributed by atoms with E-state index >= 15 is 0 Å². The number of aromatic amines is 1. The number of carbonyl (C=O) groups excluding carboxylic acids is 1. The smallest absolute Gasteiger partial charge is 0.257 e. The molecule has 2 fully saturated rings. The van der Waals surface area contributed by atoms with Gasteiger partial charge in [0.05, 0.1) is 23.6 Å². The lowest BCUT2D eigenvalue weighted by molar-refractivity contribution is -0.00237. The van der Waals surface area contributed by atoms with Crippen molar-refractivity contribution in [1.29, 1.82) is 0 Å². The molecule has 3 rings (SSSR count). The summed E-state index contributed by atoms with van der Waals surface area (Å²) in [4.78, 5) is 14.4. The summed E-state index contributed by atoms with van der Waals surface area (Å²) in [6.07, 6.45) is 6.69. The van der Waals surface area contributed by atoms with Crippen molar-refractivity contribution in [2.75, 3.05) is 19.7 Å². The van der Waals surface area contributed by atoms with Crippen LogP contribution in [0.4, 0.5) is 0 Å². The van der Waals surface area contributed by atoms with Gasteiger partial charge in [0.25, 0.3) is 5.91 Å². The van der Waals surface area contributed by atoms with Crippen molar-refractivity contribution in [2.24, 2.45) is 0 Å². The molecule has 1 aliphatic heterocycles. The number of hydrogen-bond acceptors (Lipinski definition) is 4. The molecule has 6 nitrogen and oxygen atoms in total. The number of ether oxygens (including phenoxy) is 1. The maximum atomic E-state index is 12.8. The van der Waals surface area contributed by atoms with Gasteiger partial charge in [0, 0.05) is 25.6 Å². The Balaban J connectivity index is 1.72. The highest BCUT2D eigenvalue weighted by Crippen LogP contribution is 2.33. The molecule has 1 aromatic rings. The molecular weight excluding hydrogens is 282 g/mol. The number of likely N-dealkylation sites (tertiary alicyclic amines) is 1. The van der Waals surface area contributed by atoms with Crippen LogP contribution in [-0.2, 0) is 4.74 Å². The molecule has 1 aliphatic carbocycles. The highest BCUT2D eigenvalue weighted by atomic mass is 16.5. The Hall–Kier alpha value is -1.40. The third-order valence-electron chi connectivity index (χ3n) is 4.82. The number of rotatable bonds is 4. The Labute approximate surface area is 130 Å². The second-order valence-electron chi connectivity index (χ2n) is 6.30. The predicted octanol–water partition coefficient (Wildman–Crippen LogP) is 1.68. The third-order valence-corrected chi connectivity index (χ3v) is 4.82. The Morgan fingerprint density at radius 1 is 1.41 bits per heavy atom. The van der Waals surface area contributed by atoms with Gasteiger partial charge in [0.15, 0.2) is 0 Å². The summed E-state index contributed by atoms with van der Waals surface area (Å²) in [6.45, 7) is 3.22. The molecular formula is C16H25N3O3. The quantitative estimate of drug-likeness (QED) is 0.887. The van der Waals surface area contributed by atoms with E-state index in [4.69, 9.17) is 4.74 Å². The molecule has 0 bridgehead atoms. The van der Waals surface area contributed by atoms with Gasteiger partial charge in [-0.2, -0.15) is 5.10 Å². The number of β-amino-alcohol motifs (C(OH)–C–C–N with tert-alkyl or cyclic N) is 1. The number of amides is 1. The molecule has 1 amide bonds. The van der Waals surface area contributed by atoms with E-state index in [1.165, 1.54) is 19.3 Å². The number of H-pyrrole nitrogens is 1. The molecule has 2 atom stereocenters. The number of hydrogen-bond donors (Lipinski definition) is 2. The van der Waals surface area contributed by atoms with Crippen LogP contribution in [0.2, 0.25) is 0 Å². The number of carbonyl (C=O) groups is 1. The van der Waals surface area contributed by atoms with Crippen LogP contribution < -0.4 is 0 Å². The minimum Gasteiger partial charge on any atom is -0.388 e. The fraction of sp³-hybridized carbons (Fsp3) is 0.750. The summed E-state index contributed by atoms with van der Waals surface area (Å²) in [5, 5.41) is 17.1. The number of nitrogens with zero attached hydrogens (tertiary/aromatic N) is 2. The second kappa shape index (κ2) is 6.79. The van der Waals surface area contributed by atoms with E-state index in [0.29, 0.717) is 31.2 Å². The first kappa shape index (κ1) is 15.5. The largest absolute Gasteiger partial charge is 0.388 e. The molecule has 1 saturated heterocycles. The molecule has 0 radical (unpaired) electrons. The highest BCUT2D eigenvalue weighted by molar-refractivity contribution is 5.95. The zero-order chi connectivity index (χ0) is 15.5. The van der Waals surface area contributed by atoms with Gasteiger partial charge < -0.3 is 14.7 Å². The van der Waals surface area contributed by atoms with Crippen LogP contribution in [0.5, 0.6) is 0 Å². The lowest BCUT2D eigenvalue weighted by Crippen LogP contribution is -2.31. The van der Waals surface area contributed by atoms with E-state index in [1.807, 2.05) is 6.92 Å². The average Bonchev–Trinajstić information content (AvgIpc) is 3.15. The van der Waals surface area contributed by atoms with Gasteiger partial charge in [-0.25, -0.2) is 0 Å². The van der Waals surface area contributed by atoms with E-state index in [-0.39, 0.29) is 12.0 Å². The van der Waals surface area contributed by atoms with Gasteiger partial charge in [-0.3, -0.25) is 9.89 Å². The summed E-state index contributed by atoms with van der Waals surface area (Å²) >= 11 is 0. The fourth-order valence-electron chi connectivity index (χ4n) is 3.64. The molecule has 1 saturated carbocycles. The van der Waals surface area contributed by atoms with Gasteiger partial charge in [-0.1, -0.05) is 19.3 Å². The molecule has 6 heteroatoms. The average molecular weight is 307 g/mol. The summed E-state index contributed by atoms with van der Waals surface area (Å²) in [5.41, 5.74) is 1.63. The van der Waals surface area contributed by atoms with Crippen molar-refractivity contribution < 1.29 is 14.6 Å². The SMILES string of the molecule is CCO[C@@H]1CN(C(=O)c2cn[nH]c2C2CCCCC2)C[C@H]1O. The number of nitrogens with one attached hydrogen (secondary N) is 1. The second-order valence-corrected chi connectivity index (χ2v) is 6.30. The van der Waals surface area contributed by atoms with Gasteiger partial charge >= 0.3 is 0 Å². The maximum Gasteiger partial charge on any atom is 0.257 e. The zero-order valence-electron chi connectivity index (χ0n) is 13.1. The maximum absolute atomic E-state index is 12.8. The molecule has 1 aromatic heterocycles. The van der Waals surface area contributed by atoms with Crippen molar-refractivity contribution in [2.45, 2.75) is 57.2 Å². The first-order valence-electron chi connectivity index (χ1n) is 8.33. The standard InChI is InChI=1S/C16H25N3O3/c1-2-22-14-10-19(9-13(14)20)16(21)12-8-17-18-15(12)11-6-4-3-5-7-11/h8,11,13-14,20H,2-7,9-10H2,1H3,(H,17,18)/t13-,14-/m1/s1. The van der Waals surface area contributed by atoms with E-state index in [2.05, 4.69) is 10.2 Å². The topological polar surface area (TPSA) is 78.5 Å². The Morgan fingerprint density at radius 3 is 2.91 bits per heavy atom. The molecule has 122 valence electrons. The first-order valence-corrected chi connectivity index (χ1v) is 8.33. The Morgan fingerprint density at radius 2 is 2.18 bits per heavy atom. The lowest BCUT2D eigenvalue weighted by atomic mass is 9.85. The van der Waals surface area contributed by atoms with Gasteiger partial charge in [0.2, 0.25) is 0 Å². The van der Waals surface area contributed by atoms with Crippen LogP contribution in [0, 0.1) is 0 Å². The van der Waals surface area contributed by atoms with Crippen molar-refractivity contribution in [1.82, 2.24) is 15.1 Å². The molecule has 0 spiro atoms.